The topological polar surface area (TPSA) is 67.8 Å². The summed E-state index contributed by atoms with van der Waals surface area (Å²) in [5, 5.41) is 12.3. The lowest BCUT2D eigenvalue weighted by atomic mass is 10.2. The molecular weight excluding hydrogens is 210 g/mol. The second-order valence-corrected chi connectivity index (χ2v) is 4.02. The van der Waals surface area contributed by atoms with Crippen molar-refractivity contribution in [1.82, 2.24) is 5.32 Å². The van der Waals surface area contributed by atoms with E-state index in [0.717, 1.165) is 0 Å². The first-order valence-electron chi connectivity index (χ1n) is 5.68. The molecule has 0 fully saturated rings. The van der Waals surface area contributed by atoms with Crippen LogP contribution in [0.15, 0.2) is 0 Å². The molecule has 16 heavy (non-hydrogen) atoms. The van der Waals surface area contributed by atoms with Gasteiger partial charge in [-0.25, -0.2) is 0 Å². The minimum atomic E-state index is -0.590. The van der Waals surface area contributed by atoms with Gasteiger partial charge in [-0.05, 0) is 12.8 Å². The summed E-state index contributed by atoms with van der Waals surface area (Å²) in [6.07, 6.45) is -0.590. The van der Waals surface area contributed by atoms with Crippen molar-refractivity contribution in [2.75, 3.05) is 32.9 Å². The van der Waals surface area contributed by atoms with E-state index in [-0.39, 0.29) is 19.1 Å². The highest BCUT2D eigenvalue weighted by molar-refractivity contribution is 5.71. The Morgan fingerprint density at radius 2 is 2.06 bits per heavy atom. The molecule has 0 radical (unpaired) electrons. The Bertz CT molecular complexity index is 185. The number of carbonyl (C=O) groups is 1. The molecule has 0 saturated heterocycles. The molecule has 2 N–H and O–H groups in total. The molecular formula is C11H23NO4. The Labute approximate surface area is 97.1 Å². The summed E-state index contributed by atoms with van der Waals surface area (Å²) < 4.78 is 9.98. The van der Waals surface area contributed by atoms with Crippen molar-refractivity contribution >= 4 is 5.97 Å². The highest BCUT2D eigenvalue weighted by Crippen LogP contribution is 1.93. The van der Waals surface area contributed by atoms with E-state index in [9.17, 15) is 9.90 Å². The summed E-state index contributed by atoms with van der Waals surface area (Å²) >= 11 is 0. The van der Waals surface area contributed by atoms with Crippen LogP contribution in [-0.2, 0) is 14.3 Å². The number of nitrogens with one attached hydrogen (secondary N) is 1. The van der Waals surface area contributed by atoms with Gasteiger partial charge in [0.05, 0.1) is 25.9 Å². The van der Waals surface area contributed by atoms with E-state index < -0.39 is 6.10 Å². The largest absolute Gasteiger partial charge is 0.465 e. The maximum absolute atomic E-state index is 10.9. The van der Waals surface area contributed by atoms with Crippen molar-refractivity contribution in [3.05, 3.63) is 0 Å². The highest BCUT2D eigenvalue weighted by Gasteiger charge is 2.06. The number of hydrogen-bond acceptors (Lipinski definition) is 5. The second kappa shape index (κ2) is 9.57. The fourth-order valence-corrected chi connectivity index (χ4v) is 1.05. The molecule has 5 nitrogen and oxygen atoms in total. The first kappa shape index (κ1) is 15.3. The summed E-state index contributed by atoms with van der Waals surface area (Å²) in [4.78, 5) is 10.9. The summed E-state index contributed by atoms with van der Waals surface area (Å²) in [7, 11) is 0. The fraction of sp³-hybridized carbons (Fsp3) is 0.909. The smallest absolute Gasteiger partial charge is 0.319 e. The van der Waals surface area contributed by atoms with Crippen molar-refractivity contribution in [3.63, 3.8) is 0 Å². The lowest BCUT2D eigenvalue weighted by Crippen LogP contribution is -2.34. The standard InChI is InChI=1S/C11H23NO4/c1-4-16-11(14)6-12-5-10(13)8-15-7-9(2)3/h9-10,12-13H,4-8H2,1-3H3. The normalized spacial score (nSPS) is 12.8. The number of aliphatic hydroxyl groups is 1. The van der Waals surface area contributed by atoms with Crippen LogP contribution in [0.25, 0.3) is 0 Å². The van der Waals surface area contributed by atoms with Crippen LogP contribution in [0.4, 0.5) is 0 Å². The number of ether oxygens (including phenoxy) is 2. The molecule has 0 aliphatic carbocycles. The summed E-state index contributed by atoms with van der Waals surface area (Å²) in [5.74, 6) is 0.150. The number of hydrogen-bond donors (Lipinski definition) is 2. The molecule has 0 amide bonds. The number of rotatable bonds is 9. The van der Waals surface area contributed by atoms with E-state index in [4.69, 9.17) is 9.47 Å². The van der Waals surface area contributed by atoms with E-state index >= 15 is 0 Å². The Morgan fingerprint density at radius 1 is 1.38 bits per heavy atom. The highest BCUT2D eigenvalue weighted by atomic mass is 16.5. The Morgan fingerprint density at radius 3 is 2.62 bits per heavy atom. The van der Waals surface area contributed by atoms with Crippen molar-refractivity contribution < 1.29 is 19.4 Å². The lowest BCUT2D eigenvalue weighted by Gasteiger charge is -2.13. The molecule has 0 spiro atoms. The van der Waals surface area contributed by atoms with Crippen LogP contribution in [0.3, 0.4) is 0 Å². The third kappa shape index (κ3) is 9.89. The molecule has 0 rings (SSSR count). The molecule has 0 aliphatic rings. The molecule has 0 aromatic rings. The van der Waals surface area contributed by atoms with Crippen molar-refractivity contribution in [1.29, 1.82) is 0 Å². The third-order valence-electron chi connectivity index (χ3n) is 1.72. The number of carbonyl (C=O) groups excluding carboxylic acids is 1. The zero-order valence-electron chi connectivity index (χ0n) is 10.4. The first-order valence-corrected chi connectivity index (χ1v) is 5.68. The van der Waals surface area contributed by atoms with Gasteiger partial charge in [-0.2, -0.15) is 0 Å². The van der Waals surface area contributed by atoms with Crippen molar-refractivity contribution in [2.24, 2.45) is 5.92 Å². The molecule has 96 valence electrons. The van der Waals surface area contributed by atoms with Gasteiger partial charge >= 0.3 is 5.97 Å². The average Bonchev–Trinajstić information content (AvgIpc) is 2.17. The maximum Gasteiger partial charge on any atom is 0.319 e. The van der Waals surface area contributed by atoms with E-state index in [1.54, 1.807) is 6.92 Å². The van der Waals surface area contributed by atoms with Gasteiger partial charge in [0.1, 0.15) is 0 Å². The molecule has 0 bridgehead atoms. The molecule has 0 aromatic heterocycles. The van der Waals surface area contributed by atoms with E-state index in [1.165, 1.54) is 0 Å². The van der Waals surface area contributed by atoms with Gasteiger partial charge in [0.25, 0.3) is 0 Å². The molecule has 0 heterocycles. The van der Waals surface area contributed by atoms with Crippen LogP contribution >= 0.6 is 0 Å². The summed E-state index contributed by atoms with van der Waals surface area (Å²) in [6.45, 7) is 7.60. The summed E-state index contributed by atoms with van der Waals surface area (Å²) in [6, 6.07) is 0. The van der Waals surface area contributed by atoms with Gasteiger partial charge in [-0.1, -0.05) is 13.8 Å². The van der Waals surface area contributed by atoms with E-state index in [1.807, 2.05) is 13.8 Å². The molecule has 1 unspecified atom stereocenters. The van der Waals surface area contributed by atoms with E-state index in [0.29, 0.717) is 25.7 Å². The van der Waals surface area contributed by atoms with Crippen LogP contribution in [0.1, 0.15) is 20.8 Å². The number of aliphatic hydroxyl groups excluding tert-OH is 1. The van der Waals surface area contributed by atoms with Gasteiger partial charge in [-0.3, -0.25) is 4.79 Å². The molecule has 0 saturated carbocycles. The average molecular weight is 233 g/mol. The Kier molecular flexibility index (Phi) is 9.18. The SMILES string of the molecule is CCOC(=O)CNCC(O)COCC(C)C. The first-order chi connectivity index (χ1) is 7.56. The predicted octanol–water partition coefficient (Wildman–Crippen LogP) is 0.173. The lowest BCUT2D eigenvalue weighted by molar-refractivity contribution is -0.142. The van der Waals surface area contributed by atoms with Crippen molar-refractivity contribution in [3.8, 4) is 0 Å². The van der Waals surface area contributed by atoms with Crippen LogP contribution in [-0.4, -0.2) is 50.1 Å². The van der Waals surface area contributed by atoms with Gasteiger partial charge in [0, 0.05) is 13.2 Å². The maximum atomic E-state index is 10.9. The second-order valence-electron chi connectivity index (χ2n) is 4.02. The fourth-order valence-electron chi connectivity index (χ4n) is 1.05. The van der Waals surface area contributed by atoms with Crippen LogP contribution in [0.2, 0.25) is 0 Å². The zero-order chi connectivity index (χ0) is 12.4. The minimum Gasteiger partial charge on any atom is -0.465 e. The Hall–Kier alpha value is -0.650. The van der Waals surface area contributed by atoms with Gasteiger partial charge < -0.3 is 19.9 Å². The quantitative estimate of drug-likeness (QED) is 0.556. The monoisotopic (exact) mass is 233 g/mol. The third-order valence-corrected chi connectivity index (χ3v) is 1.72. The van der Waals surface area contributed by atoms with E-state index in [2.05, 4.69) is 5.32 Å². The molecule has 1 atom stereocenters. The van der Waals surface area contributed by atoms with Crippen LogP contribution < -0.4 is 5.32 Å². The zero-order valence-corrected chi connectivity index (χ0v) is 10.4. The van der Waals surface area contributed by atoms with Gasteiger partial charge in [0.15, 0.2) is 0 Å². The minimum absolute atomic E-state index is 0.120. The molecule has 0 aromatic carbocycles. The predicted molar refractivity (Wildman–Crippen MR) is 61.2 cm³/mol. The molecule has 5 heteroatoms. The number of esters is 1. The Balaban J connectivity index is 3.36. The van der Waals surface area contributed by atoms with Crippen LogP contribution in [0, 0.1) is 5.92 Å². The van der Waals surface area contributed by atoms with Gasteiger partial charge in [-0.15, -0.1) is 0 Å². The summed E-state index contributed by atoms with van der Waals surface area (Å²) in [5.41, 5.74) is 0. The molecule has 0 aliphatic heterocycles. The van der Waals surface area contributed by atoms with Crippen molar-refractivity contribution in [2.45, 2.75) is 26.9 Å². The van der Waals surface area contributed by atoms with Gasteiger partial charge in [0.2, 0.25) is 0 Å². The van der Waals surface area contributed by atoms with Crippen LogP contribution in [0.5, 0.6) is 0 Å².